The van der Waals surface area contributed by atoms with Crippen LogP contribution in [0, 0.1) is 0 Å². The Hall–Kier alpha value is -9.05. The van der Waals surface area contributed by atoms with Gasteiger partial charge in [0, 0.05) is 73.9 Å². The lowest BCUT2D eigenvalue weighted by atomic mass is 10.1. The van der Waals surface area contributed by atoms with Crippen LogP contribution < -0.4 is 61.2 Å². The highest BCUT2D eigenvalue weighted by Gasteiger charge is 2.52. The molecule has 0 aliphatic carbocycles. The van der Waals surface area contributed by atoms with E-state index in [1.807, 2.05) is 0 Å². The van der Waals surface area contributed by atoms with Gasteiger partial charge in [-0.05, 0) is 164 Å². The molecule has 0 fully saturated rings. The number of para-hydroxylation sites is 6. The van der Waals surface area contributed by atoms with Crippen molar-refractivity contribution in [2.45, 2.75) is 28.2 Å². The summed E-state index contributed by atoms with van der Waals surface area (Å²) in [7, 11) is -0.334. The molecule has 12 aromatic carbocycles. The Labute approximate surface area is 531 Å². The summed E-state index contributed by atoms with van der Waals surface area (Å²) in [6.07, 6.45) is 4.26. The smallest absolute Gasteiger partial charge is 0.0573 e. The molecule has 18 rings (SSSR count). The van der Waals surface area contributed by atoms with Crippen LogP contribution in [0.4, 0.5) is 102 Å². The zero-order valence-corrected chi connectivity index (χ0v) is 52.8. The van der Waals surface area contributed by atoms with Crippen LogP contribution in [0.25, 0.3) is 0 Å². The number of rotatable bonds is 9. The molecule has 6 nitrogen and oxygen atoms in total. The number of nitrogens with zero attached hydrogens (tertiary/aromatic N) is 6. The quantitative estimate of drug-likeness (QED) is 0.132. The van der Waals surface area contributed by atoms with Crippen molar-refractivity contribution in [3.05, 3.63) is 291 Å². The largest absolute Gasteiger partial charge is 0.309 e. The van der Waals surface area contributed by atoms with E-state index < -0.39 is 14.0 Å². The molecule has 0 amide bonds. The minimum absolute atomic E-state index is 0. The van der Waals surface area contributed by atoms with E-state index in [0.29, 0.717) is 7.92 Å². The number of benzene rings is 12. The molecule has 10 heteroatoms. The maximum atomic E-state index is 7.13. The third kappa shape index (κ3) is 8.76. The first-order valence-corrected chi connectivity index (χ1v) is 36.6. The molecule has 0 bridgehead atoms. The molecule has 0 radical (unpaired) electrons. The molecule has 0 saturated heterocycles. The molecular formula is C79H67N6P3S. The molecule has 89 heavy (non-hydrogen) atoms. The summed E-state index contributed by atoms with van der Waals surface area (Å²) in [5.41, 5.74) is 21.7. The Bertz CT molecular complexity index is 4070. The highest BCUT2D eigenvalue weighted by atomic mass is 32.4. The van der Waals surface area contributed by atoms with Crippen LogP contribution >= 0.6 is 21.9 Å². The summed E-state index contributed by atoms with van der Waals surface area (Å²) >= 11 is 7.13. The van der Waals surface area contributed by atoms with Gasteiger partial charge < -0.3 is 29.4 Å². The second-order valence-corrected chi connectivity index (χ2v) is 31.9. The van der Waals surface area contributed by atoms with Gasteiger partial charge in [0.15, 0.2) is 0 Å². The number of hydrogen-bond acceptors (Lipinski definition) is 7. The van der Waals surface area contributed by atoms with Crippen molar-refractivity contribution in [2.24, 2.45) is 0 Å². The molecule has 0 N–H and O–H groups in total. The second-order valence-electron chi connectivity index (χ2n) is 22.5. The molecule has 12 aromatic rings. The minimum Gasteiger partial charge on any atom is -0.309 e. The maximum absolute atomic E-state index is 7.13. The highest BCUT2D eigenvalue weighted by molar-refractivity contribution is 8.26. The van der Waals surface area contributed by atoms with Crippen LogP contribution in [0.3, 0.4) is 0 Å². The van der Waals surface area contributed by atoms with E-state index in [-0.39, 0.29) is 7.43 Å². The lowest BCUT2D eigenvalue weighted by Gasteiger charge is -2.51. The van der Waals surface area contributed by atoms with Gasteiger partial charge in [-0.25, -0.2) is 0 Å². The lowest BCUT2D eigenvalue weighted by Crippen LogP contribution is -2.47. The van der Waals surface area contributed by atoms with Gasteiger partial charge in [0.25, 0.3) is 0 Å². The number of hydrogen-bond donors (Lipinski definition) is 0. The van der Waals surface area contributed by atoms with E-state index >= 15 is 0 Å². The molecule has 0 unspecified atom stereocenters. The summed E-state index contributed by atoms with van der Waals surface area (Å²) in [5.74, 6) is 0. The third-order valence-corrected chi connectivity index (χ3v) is 28.2. The van der Waals surface area contributed by atoms with Crippen molar-refractivity contribution in [3.8, 4) is 0 Å². The molecule has 6 heterocycles. The molecule has 0 spiro atoms. The van der Waals surface area contributed by atoms with Gasteiger partial charge in [-0.15, -0.1) is 7.92 Å². The highest BCUT2D eigenvalue weighted by Crippen LogP contribution is 2.68. The van der Waals surface area contributed by atoms with Gasteiger partial charge in [0.05, 0.1) is 74.3 Å². The Kier molecular flexibility index (Phi) is 14.7. The van der Waals surface area contributed by atoms with E-state index in [2.05, 4.69) is 341 Å². The second kappa shape index (κ2) is 23.2. The van der Waals surface area contributed by atoms with E-state index in [0.717, 1.165) is 17.1 Å². The molecule has 6 aliphatic rings. The lowest BCUT2D eigenvalue weighted by molar-refractivity contribution is 1.23. The standard InChI is InChI=1S/C36H24N3PS.C36H24N3P.C6H15P.CH4/c41-40-34-28-19-10-21-30(34)38(26-15-6-2-7-16-26)32-23-12-24-33(36(32)40)39(27-17-8-3-9-18-27)31-22-11-20-29(35(31)40)37(28)25-13-4-1-5-14-25;1-4-13-25(14-5-1)37-28-19-10-21-30-34(28)40-35-29(37)20-11-22-31(35)39(27-17-8-3-9-18-27)33-24-12-23-32(36(33)40)38(30)26-15-6-2-7-16-26;1-4-7(5-2)6-3;/h1-24H;1-24H;4-6H2,1-3H3;1H4. The van der Waals surface area contributed by atoms with Crippen molar-refractivity contribution >= 4 is 168 Å². The van der Waals surface area contributed by atoms with Gasteiger partial charge in [-0.2, -0.15) is 0 Å². The van der Waals surface area contributed by atoms with Crippen molar-refractivity contribution < 1.29 is 0 Å². The van der Waals surface area contributed by atoms with E-state index in [9.17, 15) is 0 Å². The molecule has 0 saturated carbocycles. The van der Waals surface area contributed by atoms with Crippen LogP contribution in [0.15, 0.2) is 291 Å². The Morgan fingerprint density at radius 3 is 0.596 bits per heavy atom. The van der Waals surface area contributed by atoms with Crippen LogP contribution in [-0.2, 0) is 11.8 Å². The van der Waals surface area contributed by atoms with Crippen molar-refractivity contribution in [1.82, 2.24) is 0 Å². The van der Waals surface area contributed by atoms with Gasteiger partial charge >= 0.3 is 0 Å². The first-order valence-electron chi connectivity index (χ1n) is 30.5. The average molecular weight is 1230 g/mol. The van der Waals surface area contributed by atoms with E-state index in [4.69, 9.17) is 11.8 Å². The zero-order valence-electron chi connectivity index (χ0n) is 49.3. The fourth-order valence-corrected chi connectivity index (χ4v) is 24.0. The van der Waals surface area contributed by atoms with Crippen LogP contribution in [-0.4, -0.2) is 18.5 Å². The summed E-state index contributed by atoms with van der Waals surface area (Å²) in [4.78, 5) is 14.7. The Balaban J connectivity index is 0.000000133. The first-order chi connectivity index (χ1) is 43.5. The topological polar surface area (TPSA) is 19.4 Å². The molecule has 0 atom stereocenters. The van der Waals surface area contributed by atoms with Crippen LogP contribution in [0.2, 0.25) is 0 Å². The molecule has 6 aliphatic heterocycles. The van der Waals surface area contributed by atoms with Gasteiger partial charge in [-0.3, -0.25) is 0 Å². The maximum Gasteiger partial charge on any atom is 0.0573 e. The normalized spacial score (nSPS) is 14.1. The van der Waals surface area contributed by atoms with Gasteiger partial charge in [0.1, 0.15) is 0 Å². The van der Waals surface area contributed by atoms with Crippen LogP contribution in [0.5, 0.6) is 0 Å². The van der Waals surface area contributed by atoms with Gasteiger partial charge in [-0.1, -0.05) is 186 Å². The van der Waals surface area contributed by atoms with Crippen molar-refractivity contribution in [2.75, 3.05) is 47.9 Å². The third-order valence-electron chi connectivity index (χ3n) is 17.9. The predicted molar refractivity (Wildman–Crippen MR) is 392 cm³/mol. The van der Waals surface area contributed by atoms with Crippen molar-refractivity contribution in [1.29, 1.82) is 0 Å². The summed E-state index contributed by atoms with van der Waals surface area (Å²) in [5, 5.41) is 8.11. The molecule has 0 aromatic heterocycles. The monoisotopic (exact) mass is 1220 g/mol. The number of anilines is 18. The molecule has 434 valence electrons. The first kappa shape index (κ1) is 56.5. The van der Waals surface area contributed by atoms with E-state index in [1.165, 1.54) is 136 Å². The van der Waals surface area contributed by atoms with E-state index in [1.54, 1.807) is 0 Å². The van der Waals surface area contributed by atoms with Crippen molar-refractivity contribution in [3.63, 3.8) is 0 Å². The Morgan fingerprint density at radius 1 is 0.258 bits per heavy atom. The average Bonchev–Trinajstić information content (AvgIpc) is 0.675. The SMILES string of the molecule is C.CCP(CC)CC.S=P12c3c4cccc3N(c3ccccc3)c3cccc(c31)N(c1ccccc1)c1cccc(c12)N4c1ccccc1.c1ccc(N2c3cccc4c3P3c5c2cccc5N(c2ccccc2)c2cccc(c23)N4c2ccccc2)cc1. The summed E-state index contributed by atoms with van der Waals surface area (Å²) in [6, 6.07) is 103. The minimum atomic E-state index is -2.45. The van der Waals surface area contributed by atoms with Gasteiger partial charge in [0.2, 0.25) is 0 Å². The summed E-state index contributed by atoms with van der Waals surface area (Å²) < 4.78 is 0. The fraction of sp³-hybridized carbons (Fsp3) is 0.0886. The predicted octanol–water partition coefficient (Wildman–Crippen LogP) is 20.8. The molecular weight excluding hydrogens is 1160 g/mol. The fourth-order valence-electron chi connectivity index (χ4n) is 14.2. The summed E-state index contributed by atoms with van der Waals surface area (Å²) in [6.45, 7) is 6.87. The zero-order chi connectivity index (χ0) is 59.0. The Morgan fingerprint density at radius 2 is 0.427 bits per heavy atom. The van der Waals surface area contributed by atoms with Crippen LogP contribution in [0.1, 0.15) is 28.2 Å².